The first-order valence-corrected chi connectivity index (χ1v) is 7.75. The number of carbonyl (C=O) groups excluding carboxylic acids is 1. The third-order valence-electron chi connectivity index (χ3n) is 3.54. The number of benzene rings is 2. The maximum Gasteiger partial charge on any atom is 0.231 e. The zero-order chi connectivity index (χ0) is 15.4. The van der Waals surface area contributed by atoms with Gasteiger partial charge in [0.2, 0.25) is 5.91 Å². The number of hydrogen-bond donors (Lipinski definition) is 1. The molecule has 0 saturated carbocycles. The smallest absolute Gasteiger partial charge is 0.231 e. The van der Waals surface area contributed by atoms with Crippen molar-refractivity contribution in [1.29, 1.82) is 5.26 Å². The topological polar surface area (TPSA) is 62.1 Å². The number of carbonyl (C=O) groups is 1. The van der Waals surface area contributed by atoms with Gasteiger partial charge in [0.1, 0.15) is 17.8 Å². The number of thioether (sulfide) groups is 1. The maximum absolute atomic E-state index is 12.3. The average molecular weight is 310 g/mol. The lowest BCUT2D eigenvalue weighted by atomic mass is 9.96. The molecule has 1 heterocycles. The summed E-state index contributed by atoms with van der Waals surface area (Å²) in [6.45, 7) is 0.394. The molecule has 0 radical (unpaired) electrons. The van der Waals surface area contributed by atoms with Crippen molar-refractivity contribution in [2.24, 2.45) is 5.92 Å². The van der Waals surface area contributed by atoms with Gasteiger partial charge in [-0.25, -0.2) is 0 Å². The van der Waals surface area contributed by atoms with Crippen LogP contribution in [0.3, 0.4) is 0 Å². The Morgan fingerprint density at radius 1 is 1.23 bits per heavy atom. The summed E-state index contributed by atoms with van der Waals surface area (Å²) in [5.74, 6) is 0.627. The number of anilines is 1. The fourth-order valence-corrected chi connectivity index (χ4v) is 2.78. The van der Waals surface area contributed by atoms with Crippen LogP contribution < -0.4 is 10.1 Å². The van der Waals surface area contributed by atoms with Gasteiger partial charge in [-0.1, -0.05) is 18.2 Å². The van der Waals surface area contributed by atoms with E-state index in [0.717, 1.165) is 33.7 Å². The van der Waals surface area contributed by atoms with Crippen molar-refractivity contribution >= 4 is 23.4 Å². The van der Waals surface area contributed by atoms with E-state index in [4.69, 9.17) is 10.00 Å². The van der Waals surface area contributed by atoms with Crippen molar-refractivity contribution in [3.8, 4) is 11.2 Å². The fourth-order valence-electron chi connectivity index (χ4n) is 2.40. The molecule has 5 heteroatoms. The summed E-state index contributed by atoms with van der Waals surface area (Å²) in [7, 11) is 0. The Morgan fingerprint density at radius 2 is 2.00 bits per heavy atom. The summed E-state index contributed by atoms with van der Waals surface area (Å²) in [5.41, 5.74) is 1.79. The van der Waals surface area contributed by atoms with E-state index in [1.165, 1.54) is 0 Å². The van der Waals surface area contributed by atoms with Crippen LogP contribution in [0.5, 0.6) is 5.75 Å². The minimum atomic E-state index is -0.192. The summed E-state index contributed by atoms with van der Waals surface area (Å²) >= 11 is 1.10. The Kier molecular flexibility index (Phi) is 4.31. The Hall–Kier alpha value is -2.45. The van der Waals surface area contributed by atoms with Crippen LogP contribution in [0.4, 0.5) is 5.69 Å². The molecule has 1 aliphatic rings. The first-order chi connectivity index (χ1) is 10.8. The molecule has 0 aliphatic carbocycles. The van der Waals surface area contributed by atoms with E-state index in [9.17, 15) is 4.79 Å². The molecular formula is C17H14N2O2S. The zero-order valence-corrected chi connectivity index (χ0v) is 12.6. The van der Waals surface area contributed by atoms with Gasteiger partial charge in [0.15, 0.2) is 0 Å². The lowest BCUT2D eigenvalue weighted by Crippen LogP contribution is -2.32. The van der Waals surface area contributed by atoms with Gasteiger partial charge >= 0.3 is 0 Å². The van der Waals surface area contributed by atoms with Gasteiger partial charge in [0.25, 0.3) is 0 Å². The quantitative estimate of drug-likeness (QED) is 0.696. The van der Waals surface area contributed by atoms with Crippen LogP contribution >= 0.6 is 11.8 Å². The SMILES string of the molecule is N#CSc1ccc(NC(=O)[C@H]2COc3ccccc3C2)cc1. The molecule has 0 fully saturated rings. The molecule has 1 aliphatic heterocycles. The number of nitriles is 1. The Balaban J connectivity index is 1.64. The third kappa shape index (κ3) is 3.23. The summed E-state index contributed by atoms with van der Waals surface area (Å²) in [6.07, 6.45) is 0.685. The maximum atomic E-state index is 12.3. The molecule has 1 atom stereocenters. The van der Waals surface area contributed by atoms with E-state index >= 15 is 0 Å². The first-order valence-electron chi connectivity index (χ1n) is 6.94. The molecule has 0 saturated heterocycles. The molecule has 0 aromatic heterocycles. The highest BCUT2D eigenvalue weighted by atomic mass is 32.2. The standard InChI is InChI=1S/C17H14N2O2S/c18-11-22-15-7-5-14(6-8-15)19-17(20)13-9-12-3-1-2-4-16(12)21-10-13/h1-8,13H,9-10H2,(H,19,20)/t13-/m1/s1. The Labute approximate surface area is 133 Å². The molecule has 0 unspecified atom stereocenters. The van der Waals surface area contributed by atoms with E-state index in [-0.39, 0.29) is 11.8 Å². The molecule has 0 spiro atoms. The number of hydrogen-bond acceptors (Lipinski definition) is 4. The molecule has 22 heavy (non-hydrogen) atoms. The van der Waals surface area contributed by atoms with Gasteiger partial charge in [-0.2, -0.15) is 5.26 Å². The first kappa shape index (κ1) is 14.5. The molecule has 1 amide bonds. The van der Waals surface area contributed by atoms with Crippen LogP contribution in [0.2, 0.25) is 0 Å². The van der Waals surface area contributed by atoms with E-state index in [1.54, 1.807) is 12.1 Å². The van der Waals surface area contributed by atoms with Gasteiger partial charge < -0.3 is 10.1 Å². The Morgan fingerprint density at radius 3 is 2.77 bits per heavy atom. The summed E-state index contributed by atoms with van der Waals surface area (Å²) in [4.78, 5) is 13.2. The number of nitrogens with zero attached hydrogens (tertiary/aromatic N) is 1. The Bertz CT molecular complexity index is 722. The number of rotatable bonds is 3. The molecule has 4 nitrogen and oxygen atoms in total. The molecule has 1 N–H and O–H groups in total. The molecule has 3 rings (SSSR count). The number of thiocyanates is 1. The van der Waals surface area contributed by atoms with Gasteiger partial charge in [-0.15, -0.1) is 0 Å². The van der Waals surface area contributed by atoms with Crippen molar-refractivity contribution < 1.29 is 9.53 Å². The van der Waals surface area contributed by atoms with Crippen molar-refractivity contribution in [1.82, 2.24) is 0 Å². The second-order valence-corrected chi connectivity index (χ2v) is 5.88. The zero-order valence-electron chi connectivity index (χ0n) is 11.8. The van der Waals surface area contributed by atoms with Crippen molar-refractivity contribution in [2.45, 2.75) is 11.3 Å². The summed E-state index contributed by atoms with van der Waals surface area (Å²) in [6, 6.07) is 15.0. The van der Waals surface area contributed by atoms with E-state index in [2.05, 4.69) is 5.32 Å². The molecule has 110 valence electrons. The average Bonchev–Trinajstić information content (AvgIpc) is 2.56. The fraction of sp³-hybridized carbons (Fsp3) is 0.176. The van der Waals surface area contributed by atoms with Crippen LogP contribution in [0.1, 0.15) is 5.56 Å². The van der Waals surface area contributed by atoms with Crippen LogP contribution in [0.25, 0.3) is 0 Å². The van der Waals surface area contributed by atoms with Crippen molar-refractivity contribution in [3.05, 3.63) is 54.1 Å². The van der Waals surface area contributed by atoms with Crippen LogP contribution in [-0.4, -0.2) is 12.5 Å². The number of ether oxygens (including phenoxy) is 1. The number of amides is 1. The van der Waals surface area contributed by atoms with Crippen LogP contribution in [-0.2, 0) is 11.2 Å². The van der Waals surface area contributed by atoms with Crippen LogP contribution in [0.15, 0.2) is 53.4 Å². The minimum Gasteiger partial charge on any atom is -0.492 e. The summed E-state index contributed by atoms with van der Waals surface area (Å²) in [5, 5.41) is 13.5. The van der Waals surface area contributed by atoms with Crippen LogP contribution in [0, 0.1) is 16.6 Å². The monoisotopic (exact) mass is 310 g/mol. The lowest BCUT2D eigenvalue weighted by molar-refractivity contribution is -0.121. The lowest BCUT2D eigenvalue weighted by Gasteiger charge is -2.24. The predicted molar refractivity (Wildman–Crippen MR) is 85.7 cm³/mol. The van der Waals surface area contributed by atoms with Gasteiger partial charge in [0, 0.05) is 10.6 Å². The highest BCUT2D eigenvalue weighted by Gasteiger charge is 2.25. The van der Waals surface area contributed by atoms with E-state index in [0.29, 0.717) is 13.0 Å². The number of para-hydroxylation sites is 1. The van der Waals surface area contributed by atoms with Crippen molar-refractivity contribution in [2.75, 3.05) is 11.9 Å². The third-order valence-corrected chi connectivity index (χ3v) is 4.13. The molecule has 2 aromatic carbocycles. The largest absolute Gasteiger partial charge is 0.492 e. The highest BCUT2D eigenvalue weighted by molar-refractivity contribution is 8.03. The minimum absolute atomic E-state index is 0.0461. The predicted octanol–water partition coefficient (Wildman–Crippen LogP) is 3.45. The normalized spacial score (nSPS) is 16.0. The highest BCUT2D eigenvalue weighted by Crippen LogP contribution is 2.27. The van der Waals surface area contributed by atoms with Gasteiger partial charge in [-0.3, -0.25) is 4.79 Å². The summed E-state index contributed by atoms with van der Waals surface area (Å²) < 4.78 is 5.65. The van der Waals surface area contributed by atoms with Gasteiger partial charge in [0.05, 0.1) is 5.92 Å². The number of nitrogens with one attached hydrogen (secondary N) is 1. The number of fused-ring (bicyclic) bond motifs is 1. The van der Waals surface area contributed by atoms with Gasteiger partial charge in [-0.05, 0) is 54.1 Å². The second kappa shape index (κ2) is 6.54. The van der Waals surface area contributed by atoms with Crippen molar-refractivity contribution in [3.63, 3.8) is 0 Å². The molecule has 2 aromatic rings. The second-order valence-electron chi connectivity index (χ2n) is 5.03. The van der Waals surface area contributed by atoms with E-state index < -0.39 is 0 Å². The molecular weight excluding hydrogens is 296 g/mol. The van der Waals surface area contributed by atoms with E-state index in [1.807, 2.05) is 41.8 Å². The molecule has 0 bridgehead atoms.